The predicted octanol–water partition coefficient (Wildman–Crippen LogP) is 4.67. The van der Waals surface area contributed by atoms with Crippen molar-refractivity contribution < 1.29 is 4.43 Å². The van der Waals surface area contributed by atoms with Crippen molar-refractivity contribution in [2.24, 2.45) is 5.92 Å². The standard InChI is InChI=1S/C14H27ClOSi/c1-12(2)11-13(9-8-10-15)16-17(6,7)14(3,4)5/h12-13H,10-11H2,1-7H3. The molecule has 0 N–H and O–H groups in total. The van der Waals surface area contributed by atoms with Crippen molar-refractivity contribution in [3.05, 3.63) is 0 Å². The van der Waals surface area contributed by atoms with Crippen LogP contribution in [0.1, 0.15) is 41.0 Å². The molecule has 0 fully saturated rings. The Morgan fingerprint density at radius 3 is 2.12 bits per heavy atom. The number of hydrogen-bond donors (Lipinski definition) is 0. The smallest absolute Gasteiger partial charge is 0.193 e. The Hall–Kier alpha value is 0.0269. The van der Waals surface area contributed by atoms with Crippen LogP contribution in [0.25, 0.3) is 0 Å². The van der Waals surface area contributed by atoms with Gasteiger partial charge in [-0.15, -0.1) is 11.6 Å². The van der Waals surface area contributed by atoms with Gasteiger partial charge in [0.1, 0.15) is 6.10 Å². The molecular weight excluding hydrogens is 248 g/mol. The summed E-state index contributed by atoms with van der Waals surface area (Å²) in [6.45, 7) is 15.7. The van der Waals surface area contributed by atoms with Gasteiger partial charge in [0.25, 0.3) is 0 Å². The molecule has 1 nitrogen and oxygen atoms in total. The predicted molar refractivity (Wildman–Crippen MR) is 80.0 cm³/mol. The molecule has 0 heterocycles. The molecule has 17 heavy (non-hydrogen) atoms. The van der Waals surface area contributed by atoms with Crippen LogP contribution in [0.5, 0.6) is 0 Å². The summed E-state index contributed by atoms with van der Waals surface area (Å²) >= 11 is 5.63. The number of alkyl halides is 1. The van der Waals surface area contributed by atoms with Crippen molar-refractivity contribution in [3.8, 4) is 11.8 Å². The third-order valence-electron chi connectivity index (χ3n) is 3.26. The summed E-state index contributed by atoms with van der Waals surface area (Å²) in [5.74, 6) is 7.08. The van der Waals surface area contributed by atoms with E-state index in [0.29, 0.717) is 11.8 Å². The van der Waals surface area contributed by atoms with E-state index >= 15 is 0 Å². The van der Waals surface area contributed by atoms with E-state index in [9.17, 15) is 0 Å². The molecule has 1 atom stereocenters. The lowest BCUT2D eigenvalue weighted by atomic mass is 10.1. The monoisotopic (exact) mass is 274 g/mol. The molecule has 0 aliphatic heterocycles. The van der Waals surface area contributed by atoms with Gasteiger partial charge in [-0.3, -0.25) is 0 Å². The molecule has 0 bridgehead atoms. The molecule has 0 aromatic heterocycles. The van der Waals surface area contributed by atoms with E-state index in [4.69, 9.17) is 16.0 Å². The number of rotatable bonds is 4. The summed E-state index contributed by atoms with van der Waals surface area (Å²) in [6.07, 6.45) is 1.02. The van der Waals surface area contributed by atoms with E-state index in [-0.39, 0.29) is 11.1 Å². The third-order valence-corrected chi connectivity index (χ3v) is 7.88. The molecule has 0 rings (SSSR count). The zero-order valence-corrected chi connectivity index (χ0v) is 14.1. The van der Waals surface area contributed by atoms with Gasteiger partial charge in [0.05, 0.1) is 5.88 Å². The van der Waals surface area contributed by atoms with Crippen molar-refractivity contribution in [2.75, 3.05) is 5.88 Å². The average Bonchev–Trinajstić information content (AvgIpc) is 2.10. The summed E-state index contributed by atoms with van der Waals surface area (Å²) in [5, 5.41) is 0.227. The maximum Gasteiger partial charge on any atom is 0.193 e. The first kappa shape index (κ1) is 17.0. The SMILES string of the molecule is CC(C)CC(C#CCCl)O[Si](C)(C)C(C)(C)C. The quantitative estimate of drug-likeness (QED) is 0.411. The Morgan fingerprint density at radius 1 is 1.24 bits per heavy atom. The van der Waals surface area contributed by atoms with Crippen molar-refractivity contribution in [1.29, 1.82) is 0 Å². The molecule has 0 aromatic carbocycles. The van der Waals surface area contributed by atoms with E-state index < -0.39 is 8.32 Å². The lowest BCUT2D eigenvalue weighted by Gasteiger charge is -2.38. The van der Waals surface area contributed by atoms with Crippen LogP contribution in [0.4, 0.5) is 0 Å². The van der Waals surface area contributed by atoms with Gasteiger partial charge in [-0.05, 0) is 30.5 Å². The fourth-order valence-electron chi connectivity index (χ4n) is 1.25. The van der Waals surface area contributed by atoms with Gasteiger partial charge in [0, 0.05) is 0 Å². The van der Waals surface area contributed by atoms with Crippen molar-refractivity contribution in [1.82, 2.24) is 0 Å². The Kier molecular flexibility index (Phi) is 6.84. The molecule has 100 valence electrons. The third kappa shape index (κ3) is 6.50. The van der Waals surface area contributed by atoms with Crippen molar-refractivity contribution >= 4 is 19.9 Å². The molecule has 0 saturated carbocycles. The lowest BCUT2D eigenvalue weighted by molar-refractivity contribution is 0.207. The minimum Gasteiger partial charge on any atom is -0.403 e. The second-order valence-corrected chi connectivity index (χ2v) is 11.5. The maximum absolute atomic E-state index is 6.32. The summed E-state index contributed by atoms with van der Waals surface area (Å²) < 4.78 is 6.32. The zero-order chi connectivity index (χ0) is 13.7. The highest BCUT2D eigenvalue weighted by Crippen LogP contribution is 2.37. The molecule has 0 aromatic rings. The number of hydrogen-bond acceptors (Lipinski definition) is 1. The molecule has 0 amide bonds. The summed E-state index contributed by atoms with van der Waals surface area (Å²) in [7, 11) is -1.73. The molecule has 0 aliphatic carbocycles. The second-order valence-electron chi connectivity index (χ2n) is 6.45. The van der Waals surface area contributed by atoms with Crippen LogP contribution < -0.4 is 0 Å². The fraction of sp³-hybridized carbons (Fsp3) is 0.857. The highest BCUT2D eigenvalue weighted by Gasteiger charge is 2.38. The Balaban J connectivity index is 4.74. The highest BCUT2D eigenvalue weighted by atomic mass is 35.5. The van der Waals surface area contributed by atoms with Gasteiger partial charge in [0.2, 0.25) is 0 Å². The average molecular weight is 275 g/mol. The lowest BCUT2D eigenvalue weighted by Crippen LogP contribution is -2.43. The van der Waals surface area contributed by atoms with Gasteiger partial charge < -0.3 is 4.43 Å². The van der Waals surface area contributed by atoms with Crippen LogP contribution in [0.3, 0.4) is 0 Å². The Labute approximate surface area is 113 Å². The van der Waals surface area contributed by atoms with Crippen molar-refractivity contribution in [2.45, 2.75) is 65.3 Å². The van der Waals surface area contributed by atoms with Crippen LogP contribution in [0.15, 0.2) is 0 Å². The fourth-order valence-corrected chi connectivity index (χ4v) is 2.55. The minimum atomic E-state index is -1.73. The first-order valence-corrected chi connectivity index (χ1v) is 9.76. The highest BCUT2D eigenvalue weighted by molar-refractivity contribution is 6.74. The summed E-state index contributed by atoms with van der Waals surface area (Å²) in [4.78, 5) is 0. The molecule has 0 saturated heterocycles. The van der Waals surface area contributed by atoms with E-state index in [2.05, 4.69) is 59.6 Å². The van der Waals surface area contributed by atoms with Crippen LogP contribution in [0, 0.1) is 17.8 Å². The normalized spacial score (nSPS) is 14.4. The molecule has 0 radical (unpaired) electrons. The first-order valence-electron chi connectivity index (χ1n) is 6.32. The maximum atomic E-state index is 6.32. The Morgan fingerprint density at radius 2 is 1.76 bits per heavy atom. The van der Waals surface area contributed by atoms with Gasteiger partial charge in [-0.1, -0.05) is 46.5 Å². The van der Waals surface area contributed by atoms with Gasteiger partial charge in [-0.2, -0.15) is 0 Å². The van der Waals surface area contributed by atoms with Crippen LogP contribution in [-0.4, -0.2) is 20.3 Å². The molecular formula is C14H27ClOSi. The van der Waals surface area contributed by atoms with Gasteiger partial charge in [0.15, 0.2) is 8.32 Å². The summed E-state index contributed by atoms with van der Waals surface area (Å²) in [6, 6.07) is 0. The largest absolute Gasteiger partial charge is 0.403 e. The zero-order valence-electron chi connectivity index (χ0n) is 12.4. The van der Waals surface area contributed by atoms with Crippen LogP contribution in [-0.2, 0) is 4.43 Å². The van der Waals surface area contributed by atoms with E-state index in [0.717, 1.165) is 6.42 Å². The number of halogens is 1. The second kappa shape index (κ2) is 6.83. The topological polar surface area (TPSA) is 9.23 Å². The van der Waals surface area contributed by atoms with Crippen LogP contribution in [0.2, 0.25) is 18.1 Å². The van der Waals surface area contributed by atoms with Gasteiger partial charge in [-0.25, -0.2) is 0 Å². The van der Waals surface area contributed by atoms with E-state index in [1.165, 1.54) is 0 Å². The van der Waals surface area contributed by atoms with E-state index in [1.54, 1.807) is 0 Å². The molecule has 1 unspecified atom stereocenters. The molecule has 0 spiro atoms. The summed E-state index contributed by atoms with van der Waals surface area (Å²) in [5.41, 5.74) is 0. The molecule has 3 heteroatoms. The van der Waals surface area contributed by atoms with E-state index in [1.807, 2.05) is 0 Å². The van der Waals surface area contributed by atoms with Gasteiger partial charge >= 0.3 is 0 Å². The molecule has 0 aliphatic rings. The first-order chi connectivity index (χ1) is 7.60. The van der Waals surface area contributed by atoms with Crippen LogP contribution >= 0.6 is 11.6 Å². The Bertz CT molecular complexity index is 281. The van der Waals surface area contributed by atoms with Crippen molar-refractivity contribution in [3.63, 3.8) is 0 Å². The minimum absolute atomic E-state index is 0.0367.